The van der Waals surface area contributed by atoms with E-state index in [1.165, 1.54) is 36.0 Å². The van der Waals surface area contributed by atoms with Crippen molar-refractivity contribution < 1.29 is 4.42 Å². The van der Waals surface area contributed by atoms with Crippen molar-refractivity contribution in [1.82, 2.24) is 5.32 Å². The average molecular weight is 275 g/mol. The second-order valence-electron chi connectivity index (χ2n) is 5.31. The van der Waals surface area contributed by atoms with Crippen molar-refractivity contribution in [3.8, 4) is 0 Å². The highest BCUT2D eigenvalue weighted by molar-refractivity contribution is 8.00. The first kappa shape index (κ1) is 13.1. The molecular weight excluding hydrogens is 254 g/mol. The van der Waals surface area contributed by atoms with Gasteiger partial charge in [-0.15, -0.1) is 0 Å². The molecule has 0 aliphatic carbocycles. The third-order valence-electron chi connectivity index (χ3n) is 3.96. The van der Waals surface area contributed by atoms with Gasteiger partial charge in [0.05, 0.1) is 6.04 Å². The minimum atomic E-state index is 0.331. The minimum absolute atomic E-state index is 0.331. The first-order valence-corrected chi connectivity index (χ1v) is 8.12. The number of para-hydroxylation sites is 1. The molecule has 2 unspecified atom stereocenters. The van der Waals surface area contributed by atoms with E-state index in [9.17, 15) is 0 Å². The second-order valence-corrected chi connectivity index (χ2v) is 6.66. The molecule has 3 rings (SSSR count). The zero-order valence-electron chi connectivity index (χ0n) is 11.6. The fraction of sp³-hybridized carbons (Fsp3) is 0.500. The maximum absolute atomic E-state index is 6.13. The van der Waals surface area contributed by atoms with Crippen LogP contribution in [-0.4, -0.2) is 18.1 Å². The van der Waals surface area contributed by atoms with Crippen LogP contribution in [0.3, 0.4) is 0 Å². The smallest absolute Gasteiger partial charge is 0.137 e. The van der Waals surface area contributed by atoms with Gasteiger partial charge >= 0.3 is 0 Å². The van der Waals surface area contributed by atoms with E-state index in [1.54, 1.807) is 0 Å². The Labute approximate surface area is 118 Å². The Morgan fingerprint density at radius 2 is 2.26 bits per heavy atom. The maximum atomic E-state index is 6.13. The van der Waals surface area contributed by atoms with Crippen LogP contribution in [-0.2, 0) is 0 Å². The molecule has 1 aliphatic heterocycles. The molecule has 1 saturated heterocycles. The van der Waals surface area contributed by atoms with Crippen molar-refractivity contribution in [3.63, 3.8) is 0 Å². The van der Waals surface area contributed by atoms with Gasteiger partial charge < -0.3 is 9.73 Å². The highest BCUT2D eigenvalue weighted by Gasteiger charge is 2.27. The third kappa shape index (κ3) is 2.54. The standard InChI is InChI=1S/C16H21NOS/c1-11-6-5-7-12-10-13(18-16(11)12)15(17-2)14-8-3-4-9-19-14/h5-7,10,14-15,17H,3-4,8-9H2,1-2H3. The topological polar surface area (TPSA) is 25.2 Å². The lowest BCUT2D eigenvalue weighted by molar-refractivity contribution is 0.424. The molecule has 0 bridgehead atoms. The summed E-state index contributed by atoms with van der Waals surface area (Å²) in [5.74, 6) is 2.37. The summed E-state index contributed by atoms with van der Waals surface area (Å²) >= 11 is 2.08. The molecule has 2 nitrogen and oxygen atoms in total. The van der Waals surface area contributed by atoms with Crippen molar-refractivity contribution in [2.45, 2.75) is 37.5 Å². The Kier molecular flexibility index (Phi) is 3.85. The molecule has 2 aromatic rings. The zero-order valence-corrected chi connectivity index (χ0v) is 12.4. The molecule has 2 atom stereocenters. The van der Waals surface area contributed by atoms with E-state index in [1.807, 2.05) is 7.05 Å². The van der Waals surface area contributed by atoms with Gasteiger partial charge in [-0.25, -0.2) is 0 Å². The summed E-state index contributed by atoms with van der Waals surface area (Å²) in [6.07, 6.45) is 3.98. The number of hydrogen-bond acceptors (Lipinski definition) is 3. The molecule has 3 heteroatoms. The van der Waals surface area contributed by atoms with Crippen LogP contribution in [0.25, 0.3) is 11.0 Å². The molecule has 0 spiro atoms. The Morgan fingerprint density at radius 3 is 2.95 bits per heavy atom. The fourth-order valence-electron chi connectivity index (χ4n) is 2.92. The lowest BCUT2D eigenvalue weighted by atomic mass is 10.0. The van der Waals surface area contributed by atoms with Gasteiger partial charge in [-0.1, -0.05) is 24.6 Å². The molecule has 2 heterocycles. The van der Waals surface area contributed by atoms with Gasteiger partial charge in [-0.3, -0.25) is 0 Å². The summed E-state index contributed by atoms with van der Waals surface area (Å²) in [5.41, 5.74) is 2.26. The van der Waals surface area contributed by atoms with Crippen LogP contribution in [0, 0.1) is 6.92 Å². The number of fused-ring (bicyclic) bond motifs is 1. The monoisotopic (exact) mass is 275 g/mol. The van der Waals surface area contributed by atoms with Crippen molar-refractivity contribution in [3.05, 3.63) is 35.6 Å². The summed E-state index contributed by atoms with van der Waals surface area (Å²) in [7, 11) is 2.04. The number of benzene rings is 1. The number of furan rings is 1. The zero-order chi connectivity index (χ0) is 13.2. The predicted octanol–water partition coefficient (Wildman–Crippen LogP) is 4.29. The van der Waals surface area contributed by atoms with E-state index in [-0.39, 0.29) is 0 Å². The van der Waals surface area contributed by atoms with E-state index in [0.717, 1.165) is 11.3 Å². The lowest BCUT2D eigenvalue weighted by Gasteiger charge is -2.28. The molecule has 0 amide bonds. The molecule has 102 valence electrons. The van der Waals surface area contributed by atoms with Crippen LogP contribution < -0.4 is 5.32 Å². The van der Waals surface area contributed by atoms with Crippen LogP contribution >= 0.6 is 11.8 Å². The van der Waals surface area contributed by atoms with Gasteiger partial charge in [-0.2, -0.15) is 11.8 Å². The summed E-state index contributed by atoms with van der Waals surface area (Å²) in [4.78, 5) is 0. The van der Waals surface area contributed by atoms with Crippen molar-refractivity contribution in [2.24, 2.45) is 0 Å². The Balaban J connectivity index is 1.94. The van der Waals surface area contributed by atoms with E-state index < -0.39 is 0 Å². The summed E-state index contributed by atoms with van der Waals surface area (Å²) in [6.45, 7) is 2.11. The molecule has 1 aromatic heterocycles. The summed E-state index contributed by atoms with van der Waals surface area (Å²) < 4.78 is 6.13. The quantitative estimate of drug-likeness (QED) is 0.904. The largest absolute Gasteiger partial charge is 0.459 e. The molecule has 1 aliphatic rings. The average Bonchev–Trinajstić information content (AvgIpc) is 2.86. The molecule has 19 heavy (non-hydrogen) atoms. The number of aryl methyl sites for hydroxylation is 1. The summed E-state index contributed by atoms with van der Waals surface area (Å²) in [5, 5.41) is 5.31. The first-order valence-electron chi connectivity index (χ1n) is 7.07. The van der Waals surface area contributed by atoms with Crippen molar-refractivity contribution in [2.75, 3.05) is 12.8 Å². The Hall–Kier alpha value is -0.930. The number of hydrogen-bond donors (Lipinski definition) is 1. The van der Waals surface area contributed by atoms with Gasteiger partial charge in [0.15, 0.2) is 0 Å². The summed E-state index contributed by atoms with van der Waals surface area (Å²) in [6, 6.07) is 8.88. The Morgan fingerprint density at radius 1 is 1.37 bits per heavy atom. The van der Waals surface area contributed by atoms with Crippen LogP contribution in [0.4, 0.5) is 0 Å². The van der Waals surface area contributed by atoms with Crippen LogP contribution in [0.15, 0.2) is 28.7 Å². The van der Waals surface area contributed by atoms with Crippen LogP contribution in [0.1, 0.15) is 36.6 Å². The van der Waals surface area contributed by atoms with E-state index in [0.29, 0.717) is 11.3 Å². The highest BCUT2D eigenvalue weighted by atomic mass is 32.2. The predicted molar refractivity (Wildman–Crippen MR) is 82.8 cm³/mol. The molecule has 1 N–H and O–H groups in total. The van der Waals surface area contributed by atoms with Crippen molar-refractivity contribution in [1.29, 1.82) is 0 Å². The lowest BCUT2D eigenvalue weighted by Crippen LogP contribution is -2.28. The van der Waals surface area contributed by atoms with Crippen LogP contribution in [0.2, 0.25) is 0 Å². The van der Waals surface area contributed by atoms with Crippen molar-refractivity contribution >= 4 is 22.7 Å². The van der Waals surface area contributed by atoms with Gasteiger partial charge in [0, 0.05) is 10.6 Å². The normalized spacial score (nSPS) is 21.7. The van der Waals surface area contributed by atoms with E-state index in [4.69, 9.17) is 4.42 Å². The number of rotatable bonds is 3. The van der Waals surface area contributed by atoms with Crippen LogP contribution in [0.5, 0.6) is 0 Å². The molecular formula is C16H21NOS. The highest BCUT2D eigenvalue weighted by Crippen LogP contribution is 2.36. The van der Waals surface area contributed by atoms with Gasteiger partial charge in [-0.05, 0) is 44.2 Å². The minimum Gasteiger partial charge on any atom is -0.459 e. The molecule has 0 saturated carbocycles. The number of thioether (sulfide) groups is 1. The van der Waals surface area contributed by atoms with E-state index >= 15 is 0 Å². The first-order chi connectivity index (χ1) is 9.29. The van der Waals surface area contributed by atoms with Gasteiger partial charge in [0.25, 0.3) is 0 Å². The van der Waals surface area contributed by atoms with Gasteiger partial charge in [0.2, 0.25) is 0 Å². The van der Waals surface area contributed by atoms with E-state index in [2.05, 4.69) is 48.3 Å². The molecule has 1 aromatic carbocycles. The Bertz CT molecular complexity index is 557. The molecule has 0 radical (unpaired) electrons. The maximum Gasteiger partial charge on any atom is 0.137 e. The number of nitrogens with one attached hydrogen (secondary N) is 1. The van der Waals surface area contributed by atoms with Gasteiger partial charge in [0.1, 0.15) is 11.3 Å². The fourth-order valence-corrected chi connectivity index (χ4v) is 4.39. The SMILES string of the molecule is CNC(c1cc2cccc(C)c2o1)C1CCCCS1. The third-order valence-corrected chi connectivity index (χ3v) is 5.42. The second kappa shape index (κ2) is 5.59. The molecule has 1 fully saturated rings.